The van der Waals surface area contributed by atoms with Crippen LogP contribution in [0.15, 0.2) is 58.3 Å². The number of rotatable bonds is 7. The first-order valence-corrected chi connectivity index (χ1v) is 10.5. The zero-order valence-corrected chi connectivity index (χ0v) is 15.4. The van der Waals surface area contributed by atoms with Gasteiger partial charge in [0.2, 0.25) is 0 Å². The maximum Gasteiger partial charge on any atom is 0.573 e. The first-order valence-electron chi connectivity index (χ1n) is 7.16. The summed E-state index contributed by atoms with van der Waals surface area (Å²) in [4.78, 5) is 5.64. The molecular formula is C15H14F3NO6S2. The predicted octanol–water partition coefficient (Wildman–Crippen LogP) is 2.40. The molecule has 0 radical (unpaired) electrons. The van der Waals surface area contributed by atoms with Crippen molar-refractivity contribution in [2.75, 3.05) is 6.26 Å². The van der Waals surface area contributed by atoms with Crippen molar-refractivity contribution in [1.82, 2.24) is 4.89 Å². The Hall–Kier alpha value is -2.15. The van der Waals surface area contributed by atoms with Gasteiger partial charge < -0.3 is 4.74 Å². The van der Waals surface area contributed by atoms with Crippen LogP contribution in [-0.4, -0.2) is 29.5 Å². The highest BCUT2D eigenvalue weighted by Crippen LogP contribution is 2.24. The highest BCUT2D eigenvalue weighted by molar-refractivity contribution is 7.93. The lowest BCUT2D eigenvalue weighted by molar-refractivity contribution is -0.274. The molecule has 2 rings (SSSR count). The van der Waals surface area contributed by atoms with E-state index in [1.165, 1.54) is 24.3 Å². The minimum atomic E-state index is -4.86. The van der Waals surface area contributed by atoms with E-state index in [2.05, 4.69) is 4.74 Å². The molecule has 0 heterocycles. The van der Waals surface area contributed by atoms with E-state index in [4.69, 9.17) is 4.84 Å². The van der Waals surface area contributed by atoms with Gasteiger partial charge in [0.15, 0.2) is 9.84 Å². The van der Waals surface area contributed by atoms with Gasteiger partial charge in [-0.3, -0.25) is 4.84 Å². The third-order valence-corrected chi connectivity index (χ3v) is 5.63. The number of benzene rings is 2. The molecule has 148 valence electrons. The molecule has 12 heteroatoms. The topological polar surface area (TPSA) is 98.8 Å². The van der Waals surface area contributed by atoms with Crippen LogP contribution in [0.5, 0.6) is 5.75 Å². The quantitative estimate of drug-likeness (QED) is 0.684. The Morgan fingerprint density at radius 3 is 2.19 bits per heavy atom. The van der Waals surface area contributed by atoms with E-state index in [9.17, 15) is 30.0 Å². The number of nitrogens with one attached hydrogen (secondary N) is 1. The number of alkyl halides is 3. The molecule has 0 aliphatic heterocycles. The molecule has 1 N–H and O–H groups in total. The zero-order valence-electron chi connectivity index (χ0n) is 13.7. The second-order valence-corrected chi connectivity index (χ2v) is 8.89. The van der Waals surface area contributed by atoms with Gasteiger partial charge in [0.05, 0.1) is 11.5 Å². The fraction of sp³-hybridized carbons (Fsp3) is 0.200. The van der Waals surface area contributed by atoms with Crippen molar-refractivity contribution >= 4 is 19.9 Å². The molecule has 0 aliphatic rings. The van der Waals surface area contributed by atoms with E-state index >= 15 is 0 Å². The molecule has 0 aliphatic carbocycles. The second-order valence-electron chi connectivity index (χ2n) is 5.29. The molecule has 0 atom stereocenters. The highest BCUT2D eigenvalue weighted by atomic mass is 32.2. The van der Waals surface area contributed by atoms with E-state index < -0.39 is 48.4 Å². The van der Waals surface area contributed by atoms with Crippen LogP contribution in [0.2, 0.25) is 0 Å². The number of halogens is 3. The molecule has 0 spiro atoms. The number of ether oxygens (including phenoxy) is 1. The van der Waals surface area contributed by atoms with Crippen LogP contribution in [0.25, 0.3) is 0 Å². The van der Waals surface area contributed by atoms with Crippen molar-refractivity contribution < 1.29 is 39.6 Å². The summed E-state index contributed by atoms with van der Waals surface area (Å²) in [6, 6.07) is 9.66. The Labute approximate surface area is 153 Å². The van der Waals surface area contributed by atoms with Crippen molar-refractivity contribution in [3.63, 3.8) is 0 Å². The van der Waals surface area contributed by atoms with Crippen molar-refractivity contribution in [2.45, 2.75) is 22.8 Å². The maximum atomic E-state index is 12.3. The number of sulfonamides is 1. The minimum Gasteiger partial charge on any atom is -0.406 e. The van der Waals surface area contributed by atoms with Crippen LogP contribution < -0.4 is 9.62 Å². The average molecular weight is 425 g/mol. The fourth-order valence-electron chi connectivity index (χ4n) is 2.05. The van der Waals surface area contributed by atoms with Gasteiger partial charge in [-0.1, -0.05) is 29.2 Å². The van der Waals surface area contributed by atoms with Gasteiger partial charge in [0.25, 0.3) is 10.0 Å². The summed E-state index contributed by atoms with van der Waals surface area (Å²) < 4.78 is 88.3. The zero-order chi connectivity index (χ0) is 20.3. The van der Waals surface area contributed by atoms with Crippen molar-refractivity contribution in [2.24, 2.45) is 0 Å². The van der Waals surface area contributed by atoms with Crippen molar-refractivity contribution in [1.29, 1.82) is 0 Å². The summed E-state index contributed by atoms with van der Waals surface area (Å²) in [5, 5.41) is 0. The Balaban J connectivity index is 2.11. The number of hydrogen-bond donors (Lipinski definition) is 1. The van der Waals surface area contributed by atoms with E-state index in [0.29, 0.717) is 0 Å². The fourth-order valence-corrected chi connectivity index (χ4v) is 4.48. The van der Waals surface area contributed by atoms with Crippen molar-refractivity contribution in [3.05, 3.63) is 54.1 Å². The minimum absolute atomic E-state index is 0.191. The maximum absolute atomic E-state index is 12.3. The molecule has 7 nitrogen and oxygen atoms in total. The van der Waals surface area contributed by atoms with Crippen molar-refractivity contribution in [3.8, 4) is 5.75 Å². The van der Waals surface area contributed by atoms with Crippen LogP contribution in [0.1, 0.15) is 5.56 Å². The highest BCUT2D eigenvalue weighted by Gasteiger charge is 2.31. The molecule has 0 bridgehead atoms. The van der Waals surface area contributed by atoms with Crippen LogP contribution in [0.3, 0.4) is 0 Å². The van der Waals surface area contributed by atoms with Gasteiger partial charge in [0.1, 0.15) is 10.6 Å². The summed E-state index contributed by atoms with van der Waals surface area (Å²) in [5.41, 5.74) is 0.191. The van der Waals surface area contributed by atoms with Gasteiger partial charge in [0, 0.05) is 6.26 Å². The monoisotopic (exact) mass is 425 g/mol. The van der Waals surface area contributed by atoms with E-state index in [1.807, 2.05) is 0 Å². The lowest BCUT2D eigenvalue weighted by Gasteiger charge is -2.12. The average Bonchev–Trinajstić information content (AvgIpc) is 2.53. The van der Waals surface area contributed by atoms with Gasteiger partial charge in [-0.15, -0.1) is 13.2 Å². The Morgan fingerprint density at radius 1 is 0.963 bits per heavy atom. The van der Waals surface area contributed by atoms with Gasteiger partial charge >= 0.3 is 6.36 Å². The SMILES string of the molecule is CS(=O)(=O)c1ccccc1S(=O)(=O)NOCc1cccc(OC(F)(F)F)c1. The predicted molar refractivity (Wildman–Crippen MR) is 87.8 cm³/mol. The van der Waals surface area contributed by atoms with Crippen LogP contribution >= 0.6 is 0 Å². The second kappa shape index (κ2) is 7.84. The molecule has 0 saturated heterocycles. The van der Waals surface area contributed by atoms with Gasteiger partial charge in [-0.25, -0.2) is 16.8 Å². The molecular weight excluding hydrogens is 411 g/mol. The number of sulfone groups is 1. The van der Waals surface area contributed by atoms with E-state index in [-0.39, 0.29) is 5.56 Å². The van der Waals surface area contributed by atoms with E-state index in [1.54, 1.807) is 4.89 Å². The van der Waals surface area contributed by atoms with E-state index in [0.717, 1.165) is 30.5 Å². The molecule has 2 aromatic rings. The molecule has 0 unspecified atom stereocenters. The summed E-state index contributed by atoms with van der Waals surface area (Å²) in [7, 11) is -8.16. The lowest BCUT2D eigenvalue weighted by Crippen LogP contribution is -2.25. The molecule has 0 fully saturated rings. The van der Waals surface area contributed by atoms with Crippen LogP contribution in [-0.2, 0) is 31.3 Å². The molecule has 2 aromatic carbocycles. The van der Waals surface area contributed by atoms with Crippen LogP contribution in [0, 0.1) is 0 Å². The third-order valence-electron chi connectivity index (χ3n) is 3.08. The van der Waals surface area contributed by atoms with Gasteiger partial charge in [-0.05, 0) is 29.8 Å². The third kappa shape index (κ3) is 6.20. The summed E-state index contributed by atoms with van der Waals surface area (Å²) in [6.45, 7) is -0.421. The molecule has 27 heavy (non-hydrogen) atoms. The number of hydrogen-bond acceptors (Lipinski definition) is 6. The van der Waals surface area contributed by atoms with Crippen LogP contribution in [0.4, 0.5) is 13.2 Å². The lowest BCUT2D eigenvalue weighted by atomic mass is 10.2. The first kappa shape index (κ1) is 21.2. The summed E-state index contributed by atoms with van der Waals surface area (Å²) in [6.07, 6.45) is -4.01. The van der Waals surface area contributed by atoms with Gasteiger partial charge in [-0.2, -0.15) is 0 Å². The normalized spacial score (nSPS) is 12.7. The largest absolute Gasteiger partial charge is 0.573 e. The summed E-state index contributed by atoms with van der Waals surface area (Å²) in [5.74, 6) is -0.492. The Kier molecular flexibility index (Phi) is 6.14. The smallest absolute Gasteiger partial charge is 0.406 e. The first-order chi connectivity index (χ1) is 12.4. The summed E-state index contributed by atoms with van der Waals surface area (Å²) >= 11 is 0. The molecule has 0 amide bonds. The Morgan fingerprint density at radius 2 is 1.59 bits per heavy atom. The molecule has 0 saturated carbocycles. The standard InChI is InChI=1S/C15H14F3NO6S2/c1-26(20,21)13-7-2-3-8-14(13)27(22,23)19-24-10-11-5-4-6-12(9-11)25-15(16,17)18/h2-9,19H,10H2,1H3. The molecule has 0 aromatic heterocycles. The Bertz CT molecular complexity index is 1020.